The Bertz CT molecular complexity index is 868. The zero-order valence-corrected chi connectivity index (χ0v) is 14.8. The summed E-state index contributed by atoms with van der Waals surface area (Å²) in [7, 11) is 1.23. The van der Waals surface area contributed by atoms with Crippen molar-refractivity contribution in [3.63, 3.8) is 0 Å². The number of para-hydroxylation sites is 1. The Hall–Kier alpha value is -3.67. The molecule has 0 aliphatic carbocycles. The van der Waals surface area contributed by atoms with Gasteiger partial charge >= 0.3 is 12.6 Å². The molecule has 7 nitrogen and oxygen atoms in total. The third-order valence-corrected chi connectivity index (χ3v) is 3.54. The Kier molecular flexibility index (Phi) is 7.28. The van der Waals surface area contributed by atoms with E-state index < -0.39 is 25.1 Å². The molecule has 2 aromatic rings. The van der Waals surface area contributed by atoms with Gasteiger partial charge in [-0.05, 0) is 30.3 Å². The number of hydrogen-bond donors (Lipinski definition) is 0. The van der Waals surface area contributed by atoms with Gasteiger partial charge in [-0.2, -0.15) is 14.0 Å². The molecule has 0 N–H and O–H groups in total. The molecule has 0 saturated heterocycles. The number of methoxy groups -OCH3 is 1. The number of benzene rings is 2. The number of carbonyl (C=O) groups excluding carboxylic acids is 2. The number of nitriles is 1. The summed E-state index contributed by atoms with van der Waals surface area (Å²) in [6, 6.07) is 13.8. The molecular formula is C19H16F2N2O5. The van der Waals surface area contributed by atoms with Gasteiger partial charge in [0.05, 0.1) is 18.7 Å². The van der Waals surface area contributed by atoms with Crippen LogP contribution in [-0.2, 0) is 9.53 Å². The van der Waals surface area contributed by atoms with Gasteiger partial charge in [-0.1, -0.05) is 18.2 Å². The number of halogens is 2. The molecule has 2 aromatic carbocycles. The smallest absolute Gasteiger partial charge is 0.387 e. The van der Waals surface area contributed by atoms with E-state index in [1.165, 1.54) is 18.1 Å². The molecule has 0 radical (unpaired) electrons. The van der Waals surface area contributed by atoms with Gasteiger partial charge in [-0.15, -0.1) is 0 Å². The number of nitrogens with zero attached hydrogens (tertiary/aromatic N) is 2. The summed E-state index contributed by atoms with van der Waals surface area (Å²) in [4.78, 5) is 25.7. The normalized spacial score (nSPS) is 10.1. The highest BCUT2D eigenvalue weighted by Gasteiger charge is 2.19. The molecule has 0 heterocycles. The van der Waals surface area contributed by atoms with Crippen LogP contribution in [0.3, 0.4) is 0 Å². The van der Waals surface area contributed by atoms with Crippen LogP contribution in [0.4, 0.5) is 14.5 Å². The number of anilines is 1. The highest BCUT2D eigenvalue weighted by Crippen LogP contribution is 2.29. The summed E-state index contributed by atoms with van der Waals surface area (Å²) < 4.78 is 38.9. The van der Waals surface area contributed by atoms with Crippen LogP contribution in [0.5, 0.6) is 11.5 Å². The molecule has 0 unspecified atom stereocenters. The summed E-state index contributed by atoms with van der Waals surface area (Å²) in [5.41, 5.74) is 0.470. The molecule has 0 aromatic heterocycles. The van der Waals surface area contributed by atoms with E-state index in [9.17, 15) is 18.4 Å². The zero-order chi connectivity index (χ0) is 20.5. The van der Waals surface area contributed by atoms with Gasteiger partial charge in [0.25, 0.3) is 5.91 Å². The van der Waals surface area contributed by atoms with Crippen molar-refractivity contribution in [2.45, 2.75) is 6.61 Å². The van der Waals surface area contributed by atoms with E-state index in [1.807, 2.05) is 6.07 Å². The molecule has 0 fully saturated rings. The lowest BCUT2D eigenvalue weighted by Crippen LogP contribution is -2.35. The number of hydrogen-bond acceptors (Lipinski definition) is 6. The van der Waals surface area contributed by atoms with Crippen molar-refractivity contribution in [3.8, 4) is 17.6 Å². The van der Waals surface area contributed by atoms with Crippen LogP contribution in [0, 0.1) is 11.3 Å². The van der Waals surface area contributed by atoms with E-state index in [-0.39, 0.29) is 23.6 Å². The largest absolute Gasteiger partial charge is 0.493 e. The average Bonchev–Trinajstić information content (AvgIpc) is 2.70. The fourth-order valence-corrected chi connectivity index (χ4v) is 2.28. The van der Waals surface area contributed by atoms with Crippen molar-refractivity contribution in [1.29, 1.82) is 5.26 Å². The second-order valence-corrected chi connectivity index (χ2v) is 5.29. The van der Waals surface area contributed by atoms with Crippen molar-refractivity contribution in [2.24, 2.45) is 0 Å². The van der Waals surface area contributed by atoms with E-state index in [2.05, 4.69) is 4.74 Å². The fraction of sp³-hybridized carbons (Fsp3) is 0.211. The van der Waals surface area contributed by atoms with Crippen LogP contribution < -0.4 is 14.4 Å². The molecule has 1 amide bonds. The minimum atomic E-state index is -3.05. The first kappa shape index (κ1) is 20.6. The Balaban J connectivity index is 2.06. The minimum absolute atomic E-state index is 0.0159. The number of amides is 1. The molecule has 9 heteroatoms. The van der Waals surface area contributed by atoms with Gasteiger partial charge in [0, 0.05) is 5.69 Å². The maximum atomic E-state index is 12.3. The average molecular weight is 390 g/mol. The van der Waals surface area contributed by atoms with Gasteiger partial charge in [-0.25, -0.2) is 4.79 Å². The molecule has 0 spiro atoms. The van der Waals surface area contributed by atoms with Crippen molar-refractivity contribution in [2.75, 3.05) is 25.2 Å². The molecular weight excluding hydrogens is 374 g/mol. The molecule has 28 heavy (non-hydrogen) atoms. The Labute approximate surface area is 159 Å². The summed E-state index contributed by atoms with van der Waals surface area (Å²) in [5, 5.41) is 8.92. The molecule has 146 valence electrons. The number of rotatable bonds is 8. The van der Waals surface area contributed by atoms with Gasteiger partial charge in [-0.3, -0.25) is 9.69 Å². The number of esters is 1. The lowest BCUT2D eigenvalue weighted by Gasteiger charge is -2.19. The number of carbonyl (C=O) groups is 2. The van der Waals surface area contributed by atoms with Crippen LogP contribution in [0.15, 0.2) is 48.5 Å². The first-order chi connectivity index (χ1) is 13.5. The van der Waals surface area contributed by atoms with Crippen molar-refractivity contribution in [1.82, 2.24) is 0 Å². The predicted molar refractivity (Wildman–Crippen MR) is 94.3 cm³/mol. The topological polar surface area (TPSA) is 88.9 Å². The van der Waals surface area contributed by atoms with Crippen molar-refractivity contribution in [3.05, 3.63) is 54.1 Å². The summed E-state index contributed by atoms with van der Waals surface area (Å²) in [6.45, 7) is -3.87. The van der Waals surface area contributed by atoms with Gasteiger partial charge < -0.3 is 14.2 Å². The van der Waals surface area contributed by atoms with Gasteiger partial charge in [0.15, 0.2) is 18.1 Å². The predicted octanol–water partition coefficient (Wildman–Crippen LogP) is 3.01. The van der Waals surface area contributed by atoms with E-state index in [4.69, 9.17) is 14.7 Å². The Morgan fingerprint density at radius 3 is 2.46 bits per heavy atom. The van der Waals surface area contributed by atoms with E-state index in [1.54, 1.807) is 30.3 Å². The molecule has 0 atom stereocenters. The van der Waals surface area contributed by atoms with E-state index in [0.717, 1.165) is 12.1 Å². The molecule has 0 aliphatic heterocycles. The SMILES string of the molecule is COc1cc(C(=O)OCC(=O)N(CC#N)c2ccccc2)ccc1OC(F)F. The lowest BCUT2D eigenvalue weighted by atomic mass is 10.2. The minimum Gasteiger partial charge on any atom is -0.493 e. The zero-order valence-electron chi connectivity index (χ0n) is 14.8. The van der Waals surface area contributed by atoms with Gasteiger partial charge in [0.2, 0.25) is 0 Å². The first-order valence-electron chi connectivity index (χ1n) is 7.98. The Morgan fingerprint density at radius 2 is 1.86 bits per heavy atom. The summed E-state index contributed by atoms with van der Waals surface area (Å²) >= 11 is 0. The van der Waals surface area contributed by atoms with Crippen molar-refractivity contribution >= 4 is 17.6 Å². The Morgan fingerprint density at radius 1 is 1.14 bits per heavy atom. The third kappa shape index (κ3) is 5.41. The standard InChI is InChI=1S/C19H16F2N2O5/c1-26-16-11-13(7-8-15(16)28-19(20)21)18(25)27-12-17(24)23(10-9-22)14-5-3-2-4-6-14/h2-8,11,19H,10,12H2,1H3. The molecule has 0 bridgehead atoms. The number of alkyl halides is 2. The quantitative estimate of drug-likeness (QED) is 0.509. The molecule has 0 saturated carbocycles. The van der Waals surface area contributed by atoms with Gasteiger partial charge in [0.1, 0.15) is 6.54 Å². The highest BCUT2D eigenvalue weighted by molar-refractivity contribution is 5.97. The summed E-state index contributed by atoms with van der Waals surface area (Å²) in [5.74, 6) is -1.78. The number of ether oxygens (including phenoxy) is 3. The van der Waals surface area contributed by atoms with E-state index >= 15 is 0 Å². The van der Waals surface area contributed by atoms with Crippen LogP contribution in [0.25, 0.3) is 0 Å². The second kappa shape index (κ2) is 9.87. The van der Waals surface area contributed by atoms with Crippen molar-refractivity contribution < 1.29 is 32.6 Å². The monoisotopic (exact) mass is 390 g/mol. The first-order valence-corrected chi connectivity index (χ1v) is 7.98. The lowest BCUT2D eigenvalue weighted by molar-refractivity contribution is -0.121. The van der Waals surface area contributed by atoms with E-state index in [0.29, 0.717) is 5.69 Å². The van der Waals surface area contributed by atoms with Crippen LogP contribution in [0.1, 0.15) is 10.4 Å². The fourth-order valence-electron chi connectivity index (χ4n) is 2.28. The molecule has 2 rings (SSSR count). The maximum Gasteiger partial charge on any atom is 0.387 e. The molecule has 0 aliphatic rings. The maximum absolute atomic E-state index is 12.3. The van der Waals surface area contributed by atoms with Crippen LogP contribution >= 0.6 is 0 Å². The van der Waals surface area contributed by atoms with Crippen LogP contribution in [-0.4, -0.2) is 38.7 Å². The highest BCUT2D eigenvalue weighted by atomic mass is 19.3. The second-order valence-electron chi connectivity index (χ2n) is 5.29. The third-order valence-electron chi connectivity index (χ3n) is 3.54. The summed E-state index contributed by atoms with van der Waals surface area (Å²) in [6.07, 6.45) is 0. The van der Waals surface area contributed by atoms with Crippen LogP contribution in [0.2, 0.25) is 0 Å².